The molecule has 2 heteroatoms. The number of allylic oxidation sites excluding steroid dienone is 2. The molecule has 0 aliphatic carbocycles. The maximum atomic E-state index is 12.8. The molecule has 1 aromatic heterocycles. The van der Waals surface area contributed by atoms with Crippen LogP contribution in [0.2, 0.25) is 0 Å². The second kappa shape index (κ2) is 4.75. The fourth-order valence-corrected chi connectivity index (χ4v) is 1.30. The van der Waals surface area contributed by atoms with E-state index in [-0.39, 0.29) is 5.82 Å². The van der Waals surface area contributed by atoms with Gasteiger partial charge >= 0.3 is 0 Å². The highest BCUT2D eigenvalue weighted by molar-refractivity contribution is 5.64. The van der Waals surface area contributed by atoms with Crippen molar-refractivity contribution in [2.45, 2.75) is 26.7 Å². The van der Waals surface area contributed by atoms with Crippen molar-refractivity contribution in [2.24, 2.45) is 0 Å². The molecule has 0 atom stereocenters. The third-order valence-corrected chi connectivity index (χ3v) is 1.91. The van der Waals surface area contributed by atoms with Crippen LogP contribution in [0.5, 0.6) is 0 Å². The number of nitrogens with zero attached hydrogens (tertiary/aromatic N) is 1. The molecule has 0 radical (unpaired) electrons. The highest BCUT2D eigenvalue weighted by Crippen LogP contribution is 2.18. The number of halogens is 1. The Kier molecular flexibility index (Phi) is 3.62. The van der Waals surface area contributed by atoms with E-state index in [0.29, 0.717) is 0 Å². The van der Waals surface area contributed by atoms with E-state index in [1.165, 1.54) is 12.3 Å². The molecule has 0 aliphatic rings. The Bertz CT molecular complexity index is 305. The summed E-state index contributed by atoms with van der Waals surface area (Å²) >= 11 is 0. The molecule has 0 bridgehead atoms. The van der Waals surface area contributed by atoms with Gasteiger partial charge < -0.3 is 0 Å². The topological polar surface area (TPSA) is 12.9 Å². The summed E-state index contributed by atoms with van der Waals surface area (Å²) in [5.74, 6) is -0.270. The average molecular weight is 179 g/mol. The van der Waals surface area contributed by atoms with Gasteiger partial charge in [-0.05, 0) is 30.0 Å². The predicted octanol–water partition coefficient (Wildman–Crippen LogP) is 3.42. The molecule has 0 saturated heterocycles. The molecule has 0 spiro atoms. The molecular formula is C11H14FN. The maximum absolute atomic E-state index is 12.8. The van der Waals surface area contributed by atoms with Gasteiger partial charge in [-0.15, -0.1) is 0 Å². The number of rotatable bonds is 3. The summed E-state index contributed by atoms with van der Waals surface area (Å²) in [6.45, 7) is 4.13. The largest absolute Gasteiger partial charge is 0.261 e. The molecule has 0 fully saturated rings. The zero-order valence-electron chi connectivity index (χ0n) is 8.05. The van der Waals surface area contributed by atoms with Crippen LogP contribution in [0.3, 0.4) is 0 Å². The van der Waals surface area contributed by atoms with Gasteiger partial charge in [0, 0.05) is 6.20 Å². The van der Waals surface area contributed by atoms with Gasteiger partial charge in [0.2, 0.25) is 0 Å². The van der Waals surface area contributed by atoms with Gasteiger partial charge in [-0.1, -0.05) is 19.9 Å². The summed E-state index contributed by atoms with van der Waals surface area (Å²) in [6, 6.07) is 1.53. The quantitative estimate of drug-likeness (QED) is 0.692. The summed E-state index contributed by atoms with van der Waals surface area (Å²) in [6.07, 6.45) is 6.92. The number of pyridine rings is 1. The minimum absolute atomic E-state index is 0.270. The normalized spacial score (nSPS) is 11.8. The zero-order chi connectivity index (χ0) is 9.68. The molecule has 0 unspecified atom stereocenters. The minimum Gasteiger partial charge on any atom is -0.261 e. The Morgan fingerprint density at radius 3 is 2.77 bits per heavy atom. The molecule has 70 valence electrons. The summed E-state index contributed by atoms with van der Waals surface area (Å²) in [5.41, 5.74) is 2.05. The molecule has 0 saturated carbocycles. The minimum atomic E-state index is -0.270. The van der Waals surface area contributed by atoms with Crippen molar-refractivity contribution < 1.29 is 4.39 Å². The SMILES string of the molecule is CC/C=C(\CC)c1cncc(F)c1. The molecule has 1 nitrogen and oxygen atoms in total. The first-order valence-corrected chi connectivity index (χ1v) is 4.57. The Morgan fingerprint density at radius 2 is 2.23 bits per heavy atom. The summed E-state index contributed by atoms with van der Waals surface area (Å²) in [5, 5.41) is 0. The third kappa shape index (κ3) is 2.65. The Morgan fingerprint density at radius 1 is 1.46 bits per heavy atom. The number of hydrogen-bond donors (Lipinski definition) is 0. The van der Waals surface area contributed by atoms with Crippen LogP contribution >= 0.6 is 0 Å². The standard InChI is InChI=1S/C11H14FN/c1-3-5-9(4-2)10-6-11(12)8-13-7-10/h5-8H,3-4H2,1-2H3/b9-5+. The maximum Gasteiger partial charge on any atom is 0.142 e. The van der Waals surface area contributed by atoms with E-state index in [1.807, 2.05) is 0 Å². The molecule has 1 aromatic rings. The molecule has 0 N–H and O–H groups in total. The smallest absolute Gasteiger partial charge is 0.142 e. The van der Waals surface area contributed by atoms with E-state index >= 15 is 0 Å². The van der Waals surface area contributed by atoms with E-state index in [2.05, 4.69) is 24.9 Å². The summed E-state index contributed by atoms with van der Waals surface area (Å²) in [4.78, 5) is 3.82. The van der Waals surface area contributed by atoms with Crippen molar-refractivity contribution in [1.82, 2.24) is 4.98 Å². The molecular weight excluding hydrogens is 165 g/mol. The Hall–Kier alpha value is -1.18. The lowest BCUT2D eigenvalue weighted by atomic mass is 10.0. The van der Waals surface area contributed by atoms with Crippen LogP contribution in [-0.4, -0.2) is 4.98 Å². The van der Waals surface area contributed by atoms with Gasteiger partial charge in [0.05, 0.1) is 6.20 Å². The third-order valence-electron chi connectivity index (χ3n) is 1.91. The summed E-state index contributed by atoms with van der Waals surface area (Å²) < 4.78 is 12.8. The first-order chi connectivity index (χ1) is 6.27. The lowest BCUT2D eigenvalue weighted by Gasteiger charge is -2.03. The molecule has 1 rings (SSSR count). The second-order valence-corrected chi connectivity index (χ2v) is 2.88. The monoisotopic (exact) mass is 179 g/mol. The van der Waals surface area contributed by atoms with E-state index in [1.54, 1.807) is 6.20 Å². The Balaban J connectivity index is 2.98. The fraction of sp³-hybridized carbons (Fsp3) is 0.364. The lowest BCUT2D eigenvalue weighted by molar-refractivity contribution is 0.620. The molecule has 13 heavy (non-hydrogen) atoms. The highest BCUT2D eigenvalue weighted by Gasteiger charge is 1.99. The molecule has 0 aromatic carbocycles. The zero-order valence-corrected chi connectivity index (χ0v) is 8.05. The van der Waals surface area contributed by atoms with Crippen LogP contribution in [-0.2, 0) is 0 Å². The van der Waals surface area contributed by atoms with Crippen LogP contribution in [0.25, 0.3) is 5.57 Å². The highest BCUT2D eigenvalue weighted by atomic mass is 19.1. The lowest BCUT2D eigenvalue weighted by Crippen LogP contribution is -1.87. The van der Waals surface area contributed by atoms with E-state index in [0.717, 1.165) is 24.0 Å². The second-order valence-electron chi connectivity index (χ2n) is 2.88. The van der Waals surface area contributed by atoms with Gasteiger partial charge in [-0.2, -0.15) is 0 Å². The van der Waals surface area contributed by atoms with Crippen molar-refractivity contribution >= 4 is 5.57 Å². The molecule has 0 aliphatic heterocycles. The van der Waals surface area contributed by atoms with Crippen LogP contribution < -0.4 is 0 Å². The van der Waals surface area contributed by atoms with Crippen molar-refractivity contribution in [3.05, 3.63) is 35.9 Å². The van der Waals surface area contributed by atoms with Gasteiger partial charge in [0.1, 0.15) is 5.82 Å². The van der Waals surface area contributed by atoms with E-state index in [9.17, 15) is 4.39 Å². The van der Waals surface area contributed by atoms with Crippen LogP contribution in [0.4, 0.5) is 4.39 Å². The first kappa shape index (κ1) is 9.90. The van der Waals surface area contributed by atoms with E-state index < -0.39 is 0 Å². The van der Waals surface area contributed by atoms with Crippen molar-refractivity contribution in [1.29, 1.82) is 0 Å². The van der Waals surface area contributed by atoms with Crippen LogP contribution in [0, 0.1) is 5.82 Å². The van der Waals surface area contributed by atoms with Gasteiger partial charge in [-0.3, -0.25) is 4.98 Å². The number of aromatic nitrogens is 1. The summed E-state index contributed by atoms with van der Waals surface area (Å²) in [7, 11) is 0. The Labute approximate surface area is 78.3 Å². The van der Waals surface area contributed by atoms with Crippen molar-refractivity contribution in [2.75, 3.05) is 0 Å². The molecule has 1 heterocycles. The molecule has 0 amide bonds. The van der Waals surface area contributed by atoms with Gasteiger partial charge in [0.15, 0.2) is 0 Å². The predicted molar refractivity (Wildman–Crippen MR) is 52.8 cm³/mol. The van der Waals surface area contributed by atoms with Gasteiger partial charge in [-0.25, -0.2) is 4.39 Å². The van der Waals surface area contributed by atoms with Crippen LogP contribution in [0.15, 0.2) is 24.5 Å². The average Bonchev–Trinajstić information content (AvgIpc) is 2.14. The van der Waals surface area contributed by atoms with E-state index in [4.69, 9.17) is 0 Å². The fourth-order valence-electron chi connectivity index (χ4n) is 1.30. The van der Waals surface area contributed by atoms with Crippen molar-refractivity contribution in [3.63, 3.8) is 0 Å². The first-order valence-electron chi connectivity index (χ1n) is 4.57. The van der Waals surface area contributed by atoms with Crippen molar-refractivity contribution in [3.8, 4) is 0 Å². The van der Waals surface area contributed by atoms with Gasteiger partial charge in [0.25, 0.3) is 0 Å². The van der Waals surface area contributed by atoms with Crippen LogP contribution in [0.1, 0.15) is 32.3 Å². The number of hydrogen-bond acceptors (Lipinski definition) is 1.